The van der Waals surface area contributed by atoms with Crippen LogP contribution in [-0.2, 0) is 11.3 Å². The third-order valence-electron chi connectivity index (χ3n) is 3.05. The summed E-state index contributed by atoms with van der Waals surface area (Å²) < 4.78 is 5.62. The van der Waals surface area contributed by atoms with Gasteiger partial charge in [-0.1, -0.05) is 30.3 Å². The average molecular weight is 205 g/mol. The van der Waals surface area contributed by atoms with Gasteiger partial charge in [0.2, 0.25) is 0 Å². The van der Waals surface area contributed by atoms with Gasteiger partial charge in [0.25, 0.3) is 0 Å². The van der Waals surface area contributed by atoms with Gasteiger partial charge < -0.3 is 10.5 Å². The largest absolute Gasteiger partial charge is 0.377 e. The van der Waals surface area contributed by atoms with Crippen LogP contribution < -0.4 is 5.73 Å². The Morgan fingerprint density at radius 2 is 1.93 bits per heavy atom. The Bertz CT molecular complexity index is 280. The third kappa shape index (κ3) is 3.33. The molecule has 1 aromatic carbocycles. The zero-order valence-corrected chi connectivity index (χ0v) is 9.06. The molecule has 0 unspecified atom stereocenters. The van der Waals surface area contributed by atoms with Crippen molar-refractivity contribution in [3.63, 3.8) is 0 Å². The minimum Gasteiger partial charge on any atom is -0.377 e. The van der Waals surface area contributed by atoms with Crippen LogP contribution in [0.2, 0.25) is 0 Å². The molecule has 1 aliphatic rings. The van der Waals surface area contributed by atoms with E-state index in [9.17, 15) is 0 Å². The molecule has 1 aromatic rings. The molecule has 82 valence electrons. The number of benzene rings is 1. The lowest BCUT2D eigenvalue weighted by Gasteiger charge is -2.32. The van der Waals surface area contributed by atoms with Gasteiger partial charge in [0.1, 0.15) is 0 Å². The SMILES string of the molecule is NC1CC(CCOCc2ccccc2)C1. The van der Waals surface area contributed by atoms with Crippen LogP contribution in [-0.4, -0.2) is 12.6 Å². The van der Waals surface area contributed by atoms with E-state index in [0.717, 1.165) is 19.1 Å². The van der Waals surface area contributed by atoms with E-state index < -0.39 is 0 Å². The highest BCUT2D eigenvalue weighted by Gasteiger charge is 2.24. The molecule has 15 heavy (non-hydrogen) atoms. The Balaban J connectivity index is 1.56. The fourth-order valence-corrected chi connectivity index (χ4v) is 2.04. The normalized spacial score (nSPS) is 24.9. The highest BCUT2D eigenvalue weighted by atomic mass is 16.5. The van der Waals surface area contributed by atoms with Crippen molar-refractivity contribution < 1.29 is 4.74 Å². The van der Waals surface area contributed by atoms with Crippen LogP contribution in [0.5, 0.6) is 0 Å². The second kappa shape index (κ2) is 5.29. The second-order valence-electron chi connectivity index (χ2n) is 4.42. The van der Waals surface area contributed by atoms with Gasteiger partial charge in [-0.15, -0.1) is 0 Å². The van der Waals surface area contributed by atoms with E-state index in [1.165, 1.54) is 24.8 Å². The van der Waals surface area contributed by atoms with Gasteiger partial charge in [0.05, 0.1) is 6.61 Å². The molecular weight excluding hydrogens is 186 g/mol. The van der Waals surface area contributed by atoms with Crippen molar-refractivity contribution in [2.24, 2.45) is 11.7 Å². The van der Waals surface area contributed by atoms with E-state index in [2.05, 4.69) is 12.1 Å². The van der Waals surface area contributed by atoms with E-state index in [1.807, 2.05) is 18.2 Å². The number of rotatable bonds is 5. The first-order chi connectivity index (χ1) is 7.34. The third-order valence-corrected chi connectivity index (χ3v) is 3.05. The van der Waals surface area contributed by atoms with Gasteiger partial charge in [0, 0.05) is 12.6 Å². The maximum absolute atomic E-state index is 5.72. The maximum Gasteiger partial charge on any atom is 0.0716 e. The highest BCUT2D eigenvalue weighted by Crippen LogP contribution is 2.28. The number of hydrogen-bond donors (Lipinski definition) is 1. The van der Waals surface area contributed by atoms with Crippen molar-refractivity contribution in [3.05, 3.63) is 35.9 Å². The molecule has 1 aliphatic carbocycles. The zero-order valence-electron chi connectivity index (χ0n) is 9.06. The van der Waals surface area contributed by atoms with Gasteiger partial charge in [-0.05, 0) is 30.7 Å². The van der Waals surface area contributed by atoms with E-state index in [-0.39, 0.29) is 0 Å². The summed E-state index contributed by atoms with van der Waals surface area (Å²) in [5.74, 6) is 0.816. The molecule has 2 nitrogen and oxygen atoms in total. The van der Waals surface area contributed by atoms with Crippen LogP contribution in [0.3, 0.4) is 0 Å². The molecule has 0 heterocycles. The highest BCUT2D eigenvalue weighted by molar-refractivity contribution is 5.13. The molecule has 0 atom stereocenters. The zero-order chi connectivity index (χ0) is 10.5. The lowest BCUT2D eigenvalue weighted by Crippen LogP contribution is -2.36. The van der Waals surface area contributed by atoms with Crippen molar-refractivity contribution in [3.8, 4) is 0 Å². The monoisotopic (exact) mass is 205 g/mol. The molecule has 0 aromatic heterocycles. The predicted molar refractivity (Wildman–Crippen MR) is 61.4 cm³/mol. The van der Waals surface area contributed by atoms with Gasteiger partial charge in [-0.3, -0.25) is 0 Å². The van der Waals surface area contributed by atoms with Gasteiger partial charge in [-0.2, -0.15) is 0 Å². The minimum absolute atomic E-state index is 0.462. The van der Waals surface area contributed by atoms with E-state index in [4.69, 9.17) is 10.5 Å². The number of hydrogen-bond acceptors (Lipinski definition) is 2. The molecular formula is C13H19NO. The summed E-state index contributed by atoms with van der Waals surface area (Å²) in [6.07, 6.45) is 3.55. The summed E-state index contributed by atoms with van der Waals surface area (Å²) in [5.41, 5.74) is 6.98. The van der Waals surface area contributed by atoms with E-state index in [0.29, 0.717) is 6.04 Å². The van der Waals surface area contributed by atoms with Crippen LogP contribution in [0.25, 0.3) is 0 Å². The quantitative estimate of drug-likeness (QED) is 0.749. The molecule has 0 radical (unpaired) electrons. The summed E-state index contributed by atoms with van der Waals surface area (Å²) >= 11 is 0. The average Bonchev–Trinajstić information content (AvgIpc) is 2.23. The number of nitrogens with two attached hydrogens (primary N) is 1. The Morgan fingerprint density at radius 3 is 2.60 bits per heavy atom. The lowest BCUT2D eigenvalue weighted by molar-refractivity contribution is 0.0906. The molecule has 2 N–H and O–H groups in total. The molecule has 2 heteroatoms. The Hall–Kier alpha value is -0.860. The summed E-state index contributed by atoms with van der Waals surface area (Å²) in [6, 6.07) is 10.8. The molecule has 0 spiro atoms. The van der Waals surface area contributed by atoms with Crippen LogP contribution in [0.1, 0.15) is 24.8 Å². The fourth-order valence-electron chi connectivity index (χ4n) is 2.04. The Morgan fingerprint density at radius 1 is 1.20 bits per heavy atom. The van der Waals surface area contributed by atoms with Crippen LogP contribution in [0, 0.1) is 5.92 Å². The van der Waals surface area contributed by atoms with Gasteiger partial charge >= 0.3 is 0 Å². The fraction of sp³-hybridized carbons (Fsp3) is 0.538. The molecule has 0 amide bonds. The molecule has 1 saturated carbocycles. The molecule has 0 saturated heterocycles. The first-order valence-corrected chi connectivity index (χ1v) is 5.72. The van der Waals surface area contributed by atoms with Crippen molar-refractivity contribution in [2.45, 2.75) is 31.9 Å². The van der Waals surface area contributed by atoms with Crippen molar-refractivity contribution in [1.29, 1.82) is 0 Å². The Labute approximate surface area is 91.4 Å². The summed E-state index contributed by atoms with van der Waals surface area (Å²) in [7, 11) is 0. The first-order valence-electron chi connectivity index (χ1n) is 5.72. The Kier molecular flexibility index (Phi) is 3.75. The standard InChI is InChI=1S/C13H19NO/c14-13-8-12(9-13)6-7-15-10-11-4-2-1-3-5-11/h1-5,12-13H,6-10,14H2. The predicted octanol–water partition coefficient (Wildman–Crippen LogP) is 2.33. The molecule has 1 fully saturated rings. The van der Waals surface area contributed by atoms with E-state index >= 15 is 0 Å². The van der Waals surface area contributed by atoms with Crippen LogP contribution in [0.15, 0.2) is 30.3 Å². The minimum atomic E-state index is 0.462. The van der Waals surface area contributed by atoms with Crippen LogP contribution >= 0.6 is 0 Å². The smallest absolute Gasteiger partial charge is 0.0716 e. The van der Waals surface area contributed by atoms with Gasteiger partial charge in [-0.25, -0.2) is 0 Å². The topological polar surface area (TPSA) is 35.2 Å². The van der Waals surface area contributed by atoms with Crippen molar-refractivity contribution in [1.82, 2.24) is 0 Å². The maximum atomic E-state index is 5.72. The molecule has 0 bridgehead atoms. The molecule has 2 rings (SSSR count). The second-order valence-corrected chi connectivity index (χ2v) is 4.42. The van der Waals surface area contributed by atoms with Crippen LogP contribution in [0.4, 0.5) is 0 Å². The summed E-state index contributed by atoms with van der Waals surface area (Å²) in [5, 5.41) is 0. The van der Waals surface area contributed by atoms with Gasteiger partial charge in [0.15, 0.2) is 0 Å². The summed E-state index contributed by atoms with van der Waals surface area (Å²) in [4.78, 5) is 0. The van der Waals surface area contributed by atoms with E-state index in [1.54, 1.807) is 0 Å². The molecule has 0 aliphatic heterocycles. The van der Waals surface area contributed by atoms with Crippen molar-refractivity contribution >= 4 is 0 Å². The van der Waals surface area contributed by atoms with Crippen molar-refractivity contribution in [2.75, 3.05) is 6.61 Å². The first kappa shape index (κ1) is 10.7. The summed E-state index contributed by atoms with van der Waals surface area (Å²) in [6.45, 7) is 1.60. The lowest BCUT2D eigenvalue weighted by atomic mass is 9.79. The number of ether oxygens (including phenoxy) is 1.